The van der Waals surface area contributed by atoms with Gasteiger partial charge in [-0.1, -0.05) is 46.9 Å². The van der Waals surface area contributed by atoms with Crippen LogP contribution in [-0.2, 0) is 14.8 Å². The van der Waals surface area contributed by atoms with Gasteiger partial charge in [0.15, 0.2) is 0 Å². The summed E-state index contributed by atoms with van der Waals surface area (Å²) in [6.07, 6.45) is 1.90. The van der Waals surface area contributed by atoms with Crippen LogP contribution >= 0.6 is 22.6 Å². The van der Waals surface area contributed by atoms with Crippen LogP contribution in [0.15, 0.2) is 59.8 Å². The summed E-state index contributed by atoms with van der Waals surface area (Å²) in [6, 6.07) is 14.1. The van der Waals surface area contributed by atoms with Crippen LogP contribution in [0.3, 0.4) is 0 Å². The number of ether oxygens (including phenoxy) is 1. The molecule has 142 valence electrons. The van der Waals surface area contributed by atoms with Crippen molar-refractivity contribution in [1.29, 1.82) is 0 Å². The fraction of sp³-hybridized carbons (Fsp3) is 0.222. The molecular weight excluding hydrogens is 481 g/mol. The summed E-state index contributed by atoms with van der Waals surface area (Å²) in [5.74, 6) is 0.231. The third-order valence-corrected chi connectivity index (χ3v) is 7.02. The second-order valence-corrected chi connectivity index (χ2v) is 8.81. The number of benzene rings is 2. The predicted molar refractivity (Wildman–Crippen MR) is 111 cm³/mol. The van der Waals surface area contributed by atoms with E-state index in [9.17, 15) is 13.2 Å². The lowest BCUT2D eigenvalue weighted by molar-refractivity contribution is -0.106. The molecule has 0 saturated heterocycles. The first-order valence-electron chi connectivity index (χ1n) is 8.18. The van der Waals surface area contributed by atoms with Gasteiger partial charge in [-0.25, -0.2) is 18.1 Å². The predicted octanol–water partition coefficient (Wildman–Crippen LogP) is 2.91. The summed E-state index contributed by atoms with van der Waals surface area (Å²) >= 11 is 2.25. The maximum Gasteiger partial charge on any atom is 0.244 e. The first kappa shape index (κ1) is 19.8. The molecule has 9 heteroatoms. The molecule has 1 N–H and O–H groups in total. The number of carbonyl (C=O) groups excluding carboxylic acids is 1. The quantitative estimate of drug-likeness (QED) is 0.293. The maximum absolute atomic E-state index is 12.4. The normalized spacial score (nSPS) is 14.0. The summed E-state index contributed by atoms with van der Waals surface area (Å²) in [7, 11) is -3.84. The van der Waals surface area contributed by atoms with Gasteiger partial charge < -0.3 is 14.1 Å². The van der Waals surface area contributed by atoms with Gasteiger partial charge in [-0.3, -0.25) is 0 Å². The van der Waals surface area contributed by atoms with Crippen LogP contribution in [0.25, 0.3) is 11.0 Å². The van der Waals surface area contributed by atoms with Crippen molar-refractivity contribution >= 4 is 49.9 Å². The fourth-order valence-corrected chi connectivity index (χ4v) is 4.32. The Morgan fingerprint density at radius 1 is 1.22 bits per heavy atom. The van der Waals surface area contributed by atoms with Crippen molar-refractivity contribution in [2.24, 2.45) is 0 Å². The summed E-state index contributed by atoms with van der Waals surface area (Å²) < 4.78 is 34.9. The Morgan fingerprint density at radius 2 is 1.93 bits per heavy atom. The zero-order valence-corrected chi connectivity index (χ0v) is 17.4. The maximum atomic E-state index is 12.4. The molecular formula is C18H18IN3O4S. The van der Waals surface area contributed by atoms with E-state index in [0.29, 0.717) is 6.29 Å². The van der Waals surface area contributed by atoms with Crippen LogP contribution in [0.1, 0.15) is 11.0 Å². The molecule has 0 aliphatic heterocycles. The highest BCUT2D eigenvalue weighted by Gasteiger charge is 2.24. The highest BCUT2D eigenvalue weighted by atomic mass is 127. The molecule has 0 aliphatic carbocycles. The Kier molecular flexibility index (Phi) is 6.12. The van der Waals surface area contributed by atoms with Gasteiger partial charge in [-0.2, -0.15) is 0 Å². The summed E-state index contributed by atoms with van der Waals surface area (Å²) in [5.41, 5.74) is 1.85. The zero-order chi connectivity index (χ0) is 19.4. The van der Waals surface area contributed by atoms with E-state index in [1.807, 2.05) is 35.8 Å². The van der Waals surface area contributed by atoms with E-state index in [1.54, 1.807) is 24.5 Å². The van der Waals surface area contributed by atoms with Gasteiger partial charge in [0.2, 0.25) is 10.0 Å². The van der Waals surface area contributed by atoms with E-state index >= 15 is 0 Å². The SMILES string of the molecule is C[C@@H](Oc1ccccc1S(=O)(=O)NCC=O)[C@H](I)n1cnc2ccccc21. The van der Waals surface area contributed by atoms with Crippen LogP contribution in [0.5, 0.6) is 5.75 Å². The van der Waals surface area contributed by atoms with Gasteiger partial charge in [-0.05, 0) is 31.2 Å². The van der Waals surface area contributed by atoms with Gasteiger partial charge in [-0.15, -0.1) is 0 Å². The number of nitrogens with zero attached hydrogens (tertiary/aromatic N) is 2. The lowest BCUT2D eigenvalue weighted by atomic mass is 10.3. The minimum Gasteiger partial charge on any atom is -0.486 e. The molecule has 3 rings (SSSR count). The molecule has 0 spiro atoms. The molecule has 0 amide bonds. The highest BCUT2D eigenvalue weighted by Crippen LogP contribution is 2.31. The number of hydrogen-bond donors (Lipinski definition) is 1. The smallest absolute Gasteiger partial charge is 0.244 e. The van der Waals surface area contributed by atoms with Gasteiger partial charge >= 0.3 is 0 Å². The average Bonchev–Trinajstić information content (AvgIpc) is 3.10. The second kappa shape index (κ2) is 8.36. The number of aromatic nitrogens is 2. The van der Waals surface area contributed by atoms with Crippen molar-refractivity contribution in [3.05, 3.63) is 54.9 Å². The average molecular weight is 499 g/mol. The van der Waals surface area contributed by atoms with Crippen molar-refractivity contribution in [1.82, 2.24) is 14.3 Å². The van der Waals surface area contributed by atoms with E-state index in [0.717, 1.165) is 11.0 Å². The Balaban J connectivity index is 1.86. The molecule has 0 aliphatic rings. The van der Waals surface area contributed by atoms with Gasteiger partial charge in [0.25, 0.3) is 0 Å². The molecule has 0 fully saturated rings. The summed E-state index contributed by atoms with van der Waals surface area (Å²) in [4.78, 5) is 14.9. The highest BCUT2D eigenvalue weighted by molar-refractivity contribution is 14.1. The molecule has 2 atom stereocenters. The number of halogens is 1. The minimum absolute atomic E-state index is 0.00205. The van der Waals surface area contributed by atoms with Gasteiger partial charge in [0.1, 0.15) is 27.1 Å². The third-order valence-electron chi connectivity index (χ3n) is 3.94. The molecule has 7 nitrogen and oxygen atoms in total. The van der Waals surface area contributed by atoms with Crippen molar-refractivity contribution in [3.8, 4) is 5.75 Å². The topological polar surface area (TPSA) is 90.3 Å². The Labute approximate surface area is 170 Å². The molecule has 0 radical (unpaired) electrons. The van der Waals surface area contributed by atoms with Crippen molar-refractivity contribution in [2.75, 3.05) is 6.54 Å². The number of nitrogens with one attached hydrogen (secondary N) is 1. The number of carbonyl (C=O) groups is 1. The van der Waals surface area contributed by atoms with E-state index in [4.69, 9.17) is 4.74 Å². The molecule has 0 bridgehead atoms. The number of imidazole rings is 1. The largest absolute Gasteiger partial charge is 0.486 e. The number of hydrogen-bond acceptors (Lipinski definition) is 5. The van der Waals surface area contributed by atoms with Crippen LogP contribution in [-0.4, -0.2) is 36.9 Å². The van der Waals surface area contributed by atoms with Crippen LogP contribution in [0.4, 0.5) is 0 Å². The van der Waals surface area contributed by atoms with Gasteiger partial charge in [0, 0.05) is 0 Å². The Bertz CT molecular complexity index is 1050. The number of alkyl halides is 1. The molecule has 3 aromatic rings. The van der Waals surface area contributed by atoms with Crippen molar-refractivity contribution in [2.45, 2.75) is 22.0 Å². The monoisotopic (exact) mass is 499 g/mol. The van der Waals surface area contributed by atoms with E-state index in [2.05, 4.69) is 32.3 Å². The fourth-order valence-electron chi connectivity index (χ4n) is 2.65. The summed E-state index contributed by atoms with van der Waals surface area (Å²) in [5, 5.41) is 0. The lowest BCUT2D eigenvalue weighted by Gasteiger charge is -2.23. The van der Waals surface area contributed by atoms with Crippen molar-refractivity contribution in [3.63, 3.8) is 0 Å². The molecule has 0 saturated carbocycles. The number of aldehydes is 1. The number of para-hydroxylation sites is 3. The Morgan fingerprint density at radius 3 is 2.70 bits per heavy atom. The minimum atomic E-state index is -3.84. The van der Waals surface area contributed by atoms with E-state index in [-0.39, 0.29) is 27.3 Å². The molecule has 2 aromatic carbocycles. The van der Waals surface area contributed by atoms with E-state index < -0.39 is 10.0 Å². The van der Waals surface area contributed by atoms with Crippen LogP contribution < -0.4 is 9.46 Å². The van der Waals surface area contributed by atoms with E-state index in [1.165, 1.54) is 6.07 Å². The zero-order valence-electron chi connectivity index (χ0n) is 14.4. The number of rotatable bonds is 8. The Hall–Kier alpha value is -1.98. The van der Waals surface area contributed by atoms with Gasteiger partial charge in [0.05, 0.1) is 23.9 Å². The molecule has 1 heterocycles. The standard InChI is InChI=1S/C18H18IN3O4S/c1-13(18(19)22-12-20-14-6-2-3-7-15(14)22)26-16-8-4-5-9-17(16)27(24,25)21-10-11-23/h2-9,11-13,18,21H,10H2,1H3/t13-,18-/m1/s1. The number of sulfonamides is 1. The number of fused-ring (bicyclic) bond motifs is 1. The molecule has 27 heavy (non-hydrogen) atoms. The van der Waals surface area contributed by atoms with Crippen molar-refractivity contribution < 1.29 is 17.9 Å². The third kappa shape index (κ3) is 4.30. The first-order valence-corrected chi connectivity index (χ1v) is 10.9. The lowest BCUT2D eigenvalue weighted by Crippen LogP contribution is -2.27. The second-order valence-electron chi connectivity index (χ2n) is 5.80. The van der Waals surface area contributed by atoms with Crippen LogP contribution in [0.2, 0.25) is 0 Å². The molecule has 1 aromatic heterocycles. The van der Waals surface area contributed by atoms with Crippen LogP contribution in [0, 0.1) is 0 Å². The first-order chi connectivity index (χ1) is 12.9. The summed E-state index contributed by atoms with van der Waals surface area (Å²) in [6.45, 7) is 1.58. The molecule has 0 unspecified atom stereocenters.